The molecule has 2 N–H and O–H groups in total. The minimum Gasteiger partial charge on any atom is -0.444 e. The van der Waals surface area contributed by atoms with Crippen LogP contribution < -0.4 is 5.32 Å². The molecule has 1 aliphatic carbocycles. The molecule has 0 unspecified atom stereocenters. The Labute approximate surface area is 104 Å². The Morgan fingerprint density at radius 1 is 1.29 bits per heavy atom. The van der Waals surface area contributed by atoms with E-state index < -0.39 is 5.60 Å². The van der Waals surface area contributed by atoms with Gasteiger partial charge in [0.2, 0.25) is 0 Å². The zero-order valence-electron chi connectivity index (χ0n) is 11.3. The summed E-state index contributed by atoms with van der Waals surface area (Å²) in [6, 6.07) is 0.194. The van der Waals surface area contributed by atoms with Crippen molar-refractivity contribution in [2.24, 2.45) is 5.92 Å². The van der Waals surface area contributed by atoms with Gasteiger partial charge in [-0.3, -0.25) is 0 Å². The number of rotatable bonds is 2. The Bertz CT molecular complexity index is 250. The van der Waals surface area contributed by atoms with Gasteiger partial charge in [0.1, 0.15) is 5.60 Å². The molecule has 0 bridgehead atoms. The van der Waals surface area contributed by atoms with Gasteiger partial charge >= 0.3 is 6.09 Å². The van der Waals surface area contributed by atoms with Crippen LogP contribution >= 0.6 is 0 Å². The number of aliphatic hydroxyl groups excluding tert-OH is 1. The van der Waals surface area contributed by atoms with Gasteiger partial charge < -0.3 is 15.2 Å². The van der Waals surface area contributed by atoms with E-state index in [9.17, 15) is 9.90 Å². The van der Waals surface area contributed by atoms with Crippen LogP contribution in [0.2, 0.25) is 0 Å². The third-order valence-corrected chi connectivity index (χ3v) is 3.17. The minimum absolute atomic E-state index is 0.194. The Balaban J connectivity index is 2.29. The molecule has 1 rings (SSSR count). The number of hydrogen-bond acceptors (Lipinski definition) is 3. The summed E-state index contributed by atoms with van der Waals surface area (Å²) in [4.78, 5) is 11.6. The fourth-order valence-corrected chi connectivity index (χ4v) is 2.22. The Morgan fingerprint density at radius 2 is 1.82 bits per heavy atom. The van der Waals surface area contributed by atoms with Gasteiger partial charge in [0.25, 0.3) is 0 Å². The van der Waals surface area contributed by atoms with E-state index in [-0.39, 0.29) is 18.2 Å². The highest BCUT2D eigenvalue weighted by Gasteiger charge is 2.26. The number of hydrogen-bond donors (Lipinski definition) is 2. The number of aliphatic hydroxyl groups is 1. The third kappa shape index (κ3) is 5.39. The van der Waals surface area contributed by atoms with Crippen LogP contribution in [-0.2, 0) is 4.74 Å². The summed E-state index contributed by atoms with van der Waals surface area (Å²) in [5.74, 6) is 0.381. The van der Waals surface area contributed by atoms with Crippen molar-refractivity contribution in [3.63, 3.8) is 0 Å². The van der Waals surface area contributed by atoms with Gasteiger partial charge in [-0.25, -0.2) is 4.79 Å². The Kier molecular flexibility index (Phi) is 4.80. The lowest BCUT2D eigenvalue weighted by molar-refractivity contribution is 0.0463. The van der Waals surface area contributed by atoms with Crippen LogP contribution in [0.25, 0.3) is 0 Å². The molecule has 0 aromatic rings. The van der Waals surface area contributed by atoms with Crippen molar-refractivity contribution in [3.05, 3.63) is 0 Å². The summed E-state index contributed by atoms with van der Waals surface area (Å²) < 4.78 is 5.22. The molecule has 1 saturated carbocycles. The summed E-state index contributed by atoms with van der Waals surface area (Å²) >= 11 is 0. The SMILES string of the molecule is C[C@H](O)C1CCC(NC(=O)OC(C)(C)C)CC1. The van der Waals surface area contributed by atoms with Gasteiger partial charge in [-0.2, -0.15) is 0 Å². The molecular weight excluding hydrogens is 218 g/mol. The van der Waals surface area contributed by atoms with E-state index in [4.69, 9.17) is 4.74 Å². The molecule has 1 fully saturated rings. The molecule has 0 aromatic heterocycles. The zero-order valence-corrected chi connectivity index (χ0v) is 11.3. The number of carbonyl (C=O) groups excluding carboxylic acids is 1. The van der Waals surface area contributed by atoms with Crippen molar-refractivity contribution in [2.45, 2.75) is 71.1 Å². The van der Waals surface area contributed by atoms with Crippen molar-refractivity contribution in [1.29, 1.82) is 0 Å². The predicted octanol–water partition coefficient (Wildman–Crippen LogP) is 2.45. The zero-order chi connectivity index (χ0) is 13.1. The van der Waals surface area contributed by atoms with Crippen molar-refractivity contribution in [1.82, 2.24) is 5.32 Å². The van der Waals surface area contributed by atoms with Crippen LogP contribution in [-0.4, -0.2) is 28.9 Å². The molecule has 1 aliphatic rings. The van der Waals surface area contributed by atoms with E-state index in [0.717, 1.165) is 25.7 Å². The molecule has 0 radical (unpaired) electrons. The molecule has 0 saturated heterocycles. The van der Waals surface area contributed by atoms with E-state index in [1.165, 1.54) is 0 Å². The van der Waals surface area contributed by atoms with Crippen molar-refractivity contribution in [3.8, 4) is 0 Å². The van der Waals surface area contributed by atoms with Gasteiger partial charge in [0.15, 0.2) is 0 Å². The molecule has 17 heavy (non-hydrogen) atoms. The lowest BCUT2D eigenvalue weighted by atomic mass is 9.83. The number of amides is 1. The average Bonchev–Trinajstić information content (AvgIpc) is 2.15. The van der Waals surface area contributed by atoms with Gasteiger partial charge in [-0.1, -0.05) is 0 Å². The smallest absolute Gasteiger partial charge is 0.407 e. The highest BCUT2D eigenvalue weighted by molar-refractivity contribution is 5.68. The second kappa shape index (κ2) is 5.71. The highest BCUT2D eigenvalue weighted by Crippen LogP contribution is 2.26. The third-order valence-electron chi connectivity index (χ3n) is 3.17. The maximum Gasteiger partial charge on any atom is 0.407 e. The first kappa shape index (κ1) is 14.3. The van der Waals surface area contributed by atoms with Crippen LogP contribution in [0.3, 0.4) is 0 Å². The number of alkyl carbamates (subject to hydrolysis) is 1. The van der Waals surface area contributed by atoms with Crippen molar-refractivity contribution in [2.75, 3.05) is 0 Å². The van der Waals surface area contributed by atoms with E-state index >= 15 is 0 Å². The standard InChI is InChI=1S/C13H25NO3/c1-9(15)10-5-7-11(8-6-10)14-12(16)17-13(2,3)4/h9-11,15H,5-8H2,1-4H3,(H,14,16)/t9-,10?,11?/m0/s1. The summed E-state index contributed by atoms with van der Waals surface area (Å²) in [7, 11) is 0. The molecule has 0 spiro atoms. The second-order valence-corrected chi connectivity index (χ2v) is 6.00. The summed E-state index contributed by atoms with van der Waals surface area (Å²) in [6.07, 6.45) is 3.22. The number of nitrogens with one attached hydrogen (secondary N) is 1. The summed E-state index contributed by atoms with van der Waals surface area (Å²) in [5, 5.41) is 12.4. The average molecular weight is 243 g/mol. The van der Waals surface area contributed by atoms with Crippen LogP contribution in [0.5, 0.6) is 0 Å². The first-order chi connectivity index (χ1) is 7.78. The normalized spacial score (nSPS) is 27.4. The quantitative estimate of drug-likeness (QED) is 0.783. The molecule has 1 amide bonds. The maximum atomic E-state index is 11.6. The largest absolute Gasteiger partial charge is 0.444 e. The molecular formula is C13H25NO3. The van der Waals surface area contributed by atoms with Gasteiger partial charge in [-0.05, 0) is 59.3 Å². The van der Waals surface area contributed by atoms with E-state index in [1.807, 2.05) is 27.7 Å². The first-order valence-electron chi connectivity index (χ1n) is 6.45. The van der Waals surface area contributed by atoms with Gasteiger partial charge in [0.05, 0.1) is 6.10 Å². The molecule has 1 atom stereocenters. The molecule has 0 aromatic carbocycles. The first-order valence-corrected chi connectivity index (χ1v) is 6.45. The van der Waals surface area contributed by atoms with Crippen molar-refractivity contribution >= 4 is 6.09 Å². The molecule has 4 heteroatoms. The topological polar surface area (TPSA) is 58.6 Å². The second-order valence-electron chi connectivity index (χ2n) is 6.00. The van der Waals surface area contributed by atoms with Gasteiger partial charge in [-0.15, -0.1) is 0 Å². The number of ether oxygens (including phenoxy) is 1. The Morgan fingerprint density at radius 3 is 2.24 bits per heavy atom. The van der Waals surface area contributed by atoms with Crippen molar-refractivity contribution < 1.29 is 14.6 Å². The lowest BCUT2D eigenvalue weighted by Gasteiger charge is -2.31. The van der Waals surface area contributed by atoms with Crippen LogP contribution in [0.1, 0.15) is 53.4 Å². The summed E-state index contributed by atoms with van der Waals surface area (Å²) in [5.41, 5.74) is -0.444. The lowest BCUT2D eigenvalue weighted by Crippen LogP contribution is -2.41. The van der Waals surface area contributed by atoms with E-state index in [0.29, 0.717) is 5.92 Å². The maximum absolute atomic E-state index is 11.6. The van der Waals surface area contributed by atoms with Crippen LogP contribution in [0, 0.1) is 5.92 Å². The van der Waals surface area contributed by atoms with Gasteiger partial charge in [0, 0.05) is 6.04 Å². The monoisotopic (exact) mass is 243 g/mol. The number of carbonyl (C=O) groups is 1. The fourth-order valence-electron chi connectivity index (χ4n) is 2.22. The van der Waals surface area contributed by atoms with E-state index in [1.54, 1.807) is 0 Å². The summed E-state index contributed by atoms with van der Waals surface area (Å²) in [6.45, 7) is 7.41. The predicted molar refractivity (Wildman–Crippen MR) is 66.8 cm³/mol. The van der Waals surface area contributed by atoms with Crippen LogP contribution in [0.15, 0.2) is 0 Å². The highest BCUT2D eigenvalue weighted by atomic mass is 16.6. The molecule has 4 nitrogen and oxygen atoms in total. The molecule has 0 aliphatic heterocycles. The minimum atomic E-state index is -0.444. The fraction of sp³-hybridized carbons (Fsp3) is 0.923. The molecule has 0 heterocycles. The molecule has 100 valence electrons. The van der Waals surface area contributed by atoms with Crippen LogP contribution in [0.4, 0.5) is 4.79 Å². The Hall–Kier alpha value is -0.770. The van der Waals surface area contributed by atoms with E-state index in [2.05, 4.69) is 5.32 Å².